The zero-order valence-electron chi connectivity index (χ0n) is 6.70. The summed E-state index contributed by atoms with van der Waals surface area (Å²) in [6.45, 7) is 2.02. The van der Waals surface area contributed by atoms with E-state index >= 15 is 0 Å². The van der Waals surface area contributed by atoms with Gasteiger partial charge in [0.25, 0.3) is 0 Å². The van der Waals surface area contributed by atoms with Crippen LogP contribution in [0.4, 0.5) is 0 Å². The minimum absolute atomic E-state index is 1.16. The molecule has 0 heterocycles. The minimum Gasteiger partial charge on any atom is -0.314 e. The summed E-state index contributed by atoms with van der Waals surface area (Å²) in [6, 6.07) is 8.15. The van der Waals surface area contributed by atoms with Gasteiger partial charge in [0.1, 0.15) is 0 Å². The van der Waals surface area contributed by atoms with Crippen LogP contribution in [0.2, 0.25) is 0 Å². The average molecular weight is 167 g/mol. The topological polar surface area (TPSA) is 9.23 Å². The van der Waals surface area contributed by atoms with Gasteiger partial charge in [0.2, 0.25) is 0 Å². The van der Waals surface area contributed by atoms with E-state index in [1.807, 2.05) is 25.1 Å². The van der Waals surface area contributed by atoms with Crippen LogP contribution in [0, 0.1) is 6.42 Å². The molecule has 11 heavy (non-hydrogen) atoms. The molecule has 59 valence electrons. The highest BCUT2D eigenvalue weighted by Gasteiger charge is 1.98. The van der Waals surface area contributed by atoms with Gasteiger partial charge in [0.05, 0.1) is 7.11 Å². The van der Waals surface area contributed by atoms with Crippen LogP contribution in [0.1, 0.15) is 12.5 Å². The van der Waals surface area contributed by atoms with Crippen LogP contribution in [0.15, 0.2) is 29.2 Å². The Hall–Kier alpha value is -0.470. The van der Waals surface area contributed by atoms with Crippen molar-refractivity contribution in [2.24, 2.45) is 0 Å². The maximum absolute atomic E-state index is 4.97. The Bertz CT molecular complexity index is 223. The lowest BCUT2D eigenvalue weighted by Gasteiger charge is -2.02. The number of hydrogen-bond acceptors (Lipinski definition) is 2. The summed E-state index contributed by atoms with van der Waals surface area (Å²) in [6.07, 6.45) is 2.07. The smallest absolute Gasteiger partial charge is 0.0508 e. The first-order chi connectivity index (χ1) is 5.38. The molecule has 0 aliphatic carbocycles. The van der Waals surface area contributed by atoms with E-state index in [0.717, 1.165) is 4.90 Å². The van der Waals surface area contributed by atoms with Gasteiger partial charge in [-0.25, -0.2) is 0 Å². The van der Waals surface area contributed by atoms with Crippen molar-refractivity contribution in [3.05, 3.63) is 36.2 Å². The first kappa shape index (κ1) is 8.62. The Labute approximate surface area is 72.0 Å². The van der Waals surface area contributed by atoms with E-state index in [0.29, 0.717) is 0 Å². The van der Waals surface area contributed by atoms with Crippen molar-refractivity contribution in [2.75, 3.05) is 7.11 Å². The Balaban J connectivity index is 2.83. The zero-order chi connectivity index (χ0) is 8.10. The molecule has 1 radical (unpaired) electrons. The molecule has 0 N–H and O–H groups in total. The molecule has 0 atom stereocenters. The fourth-order valence-corrected chi connectivity index (χ4v) is 1.48. The summed E-state index contributed by atoms with van der Waals surface area (Å²) < 4.78 is 4.97. The molecule has 0 saturated carbocycles. The number of rotatable bonds is 3. The molecule has 1 aromatic carbocycles. The molecule has 0 aromatic heterocycles. The lowest BCUT2D eigenvalue weighted by atomic mass is 10.2. The van der Waals surface area contributed by atoms with Crippen LogP contribution in [0.3, 0.4) is 0 Å². The van der Waals surface area contributed by atoms with Crippen molar-refractivity contribution in [3.8, 4) is 0 Å². The Morgan fingerprint density at radius 2 is 2.09 bits per heavy atom. The average Bonchev–Trinajstić information content (AvgIpc) is 2.06. The van der Waals surface area contributed by atoms with Gasteiger partial charge in [0.15, 0.2) is 0 Å². The Morgan fingerprint density at radius 3 is 2.73 bits per heavy atom. The second-order valence-electron chi connectivity index (χ2n) is 2.08. The van der Waals surface area contributed by atoms with E-state index in [2.05, 4.69) is 12.5 Å². The quantitative estimate of drug-likeness (QED) is 0.640. The first-order valence-electron chi connectivity index (χ1n) is 3.47. The zero-order valence-corrected chi connectivity index (χ0v) is 7.52. The Morgan fingerprint density at radius 1 is 1.36 bits per heavy atom. The van der Waals surface area contributed by atoms with Crippen molar-refractivity contribution in [1.82, 2.24) is 0 Å². The van der Waals surface area contributed by atoms with Crippen LogP contribution < -0.4 is 0 Å². The predicted octanol–water partition coefficient (Wildman–Crippen LogP) is 2.91. The van der Waals surface area contributed by atoms with Crippen molar-refractivity contribution < 1.29 is 4.18 Å². The van der Waals surface area contributed by atoms with E-state index in [4.69, 9.17) is 4.18 Å². The highest BCUT2D eigenvalue weighted by molar-refractivity contribution is 7.94. The monoisotopic (exact) mass is 167 g/mol. The van der Waals surface area contributed by atoms with Crippen LogP contribution >= 0.6 is 12.0 Å². The van der Waals surface area contributed by atoms with Gasteiger partial charge in [-0.05, 0) is 18.1 Å². The number of hydrogen-bond donors (Lipinski definition) is 0. The van der Waals surface area contributed by atoms with Crippen molar-refractivity contribution in [3.63, 3.8) is 0 Å². The fourth-order valence-electron chi connectivity index (χ4n) is 0.885. The van der Waals surface area contributed by atoms with Crippen LogP contribution in [-0.2, 0) is 4.18 Å². The second-order valence-corrected chi connectivity index (χ2v) is 3.02. The molecule has 0 amide bonds. The largest absolute Gasteiger partial charge is 0.314 e. The molecule has 0 bridgehead atoms. The summed E-state index contributed by atoms with van der Waals surface area (Å²) in [5, 5.41) is 0. The molecule has 0 aliphatic heterocycles. The normalized spacial score (nSPS) is 10.0. The molecule has 1 rings (SSSR count). The summed E-state index contributed by atoms with van der Waals surface area (Å²) in [7, 11) is 1.68. The van der Waals surface area contributed by atoms with Crippen molar-refractivity contribution >= 4 is 12.0 Å². The molecule has 1 aromatic rings. The molecular formula is C9H11OS. The molecule has 2 heteroatoms. The van der Waals surface area contributed by atoms with E-state index in [9.17, 15) is 0 Å². The standard InChI is InChI=1S/C9H11OS/c1-3-8-6-4-5-7-9(8)11-10-2/h3-7H,1-2H3. The molecule has 0 aliphatic rings. The lowest BCUT2D eigenvalue weighted by Crippen LogP contribution is -1.81. The van der Waals surface area contributed by atoms with Crippen LogP contribution in [0.25, 0.3) is 0 Å². The van der Waals surface area contributed by atoms with Gasteiger partial charge >= 0.3 is 0 Å². The van der Waals surface area contributed by atoms with Crippen LogP contribution in [-0.4, -0.2) is 7.11 Å². The minimum atomic E-state index is 1.16. The van der Waals surface area contributed by atoms with E-state index in [1.165, 1.54) is 17.6 Å². The lowest BCUT2D eigenvalue weighted by molar-refractivity contribution is 0.489. The molecule has 0 fully saturated rings. The maximum Gasteiger partial charge on any atom is 0.0508 e. The summed E-state index contributed by atoms with van der Waals surface area (Å²) in [5.74, 6) is 0. The highest BCUT2D eigenvalue weighted by Crippen LogP contribution is 2.23. The third-order valence-electron chi connectivity index (χ3n) is 1.40. The van der Waals surface area contributed by atoms with Gasteiger partial charge in [-0.1, -0.05) is 25.1 Å². The second kappa shape index (κ2) is 4.42. The molecule has 0 spiro atoms. The van der Waals surface area contributed by atoms with Crippen molar-refractivity contribution in [1.29, 1.82) is 0 Å². The molecular weight excluding hydrogens is 156 g/mol. The van der Waals surface area contributed by atoms with Gasteiger partial charge < -0.3 is 4.18 Å². The third kappa shape index (κ3) is 2.24. The summed E-state index contributed by atoms with van der Waals surface area (Å²) in [5.41, 5.74) is 1.22. The summed E-state index contributed by atoms with van der Waals surface area (Å²) in [4.78, 5) is 1.16. The number of benzene rings is 1. The van der Waals surface area contributed by atoms with Gasteiger partial charge in [-0.2, -0.15) is 0 Å². The predicted molar refractivity (Wildman–Crippen MR) is 48.4 cm³/mol. The van der Waals surface area contributed by atoms with Crippen molar-refractivity contribution in [2.45, 2.75) is 11.8 Å². The SMILES string of the molecule is C[CH]c1ccccc1SOC. The third-order valence-corrected chi connectivity index (χ3v) is 2.12. The Kier molecular flexibility index (Phi) is 3.46. The molecule has 1 nitrogen and oxygen atoms in total. The van der Waals surface area contributed by atoms with Gasteiger partial charge in [-0.15, -0.1) is 0 Å². The van der Waals surface area contributed by atoms with E-state index in [1.54, 1.807) is 7.11 Å². The van der Waals surface area contributed by atoms with E-state index < -0.39 is 0 Å². The summed E-state index contributed by atoms with van der Waals surface area (Å²) >= 11 is 1.40. The molecule has 0 unspecified atom stereocenters. The highest BCUT2D eigenvalue weighted by atomic mass is 32.2. The van der Waals surface area contributed by atoms with Crippen LogP contribution in [0.5, 0.6) is 0 Å². The van der Waals surface area contributed by atoms with Gasteiger partial charge in [-0.3, -0.25) is 0 Å². The van der Waals surface area contributed by atoms with Gasteiger partial charge in [0, 0.05) is 16.9 Å². The fraction of sp³-hybridized carbons (Fsp3) is 0.222. The molecule has 0 saturated heterocycles. The first-order valence-corrected chi connectivity index (χ1v) is 4.21. The van der Waals surface area contributed by atoms with E-state index in [-0.39, 0.29) is 0 Å². The maximum atomic E-state index is 4.97.